The summed E-state index contributed by atoms with van der Waals surface area (Å²) >= 11 is 5.91. The second kappa shape index (κ2) is 7.14. The molecule has 0 amide bonds. The number of allylic oxidation sites excluding steroid dienone is 1. The molecule has 0 unspecified atom stereocenters. The zero-order chi connectivity index (χ0) is 18.1. The van der Waals surface area contributed by atoms with Crippen LogP contribution in [0.1, 0.15) is 40.7 Å². The van der Waals surface area contributed by atoms with Gasteiger partial charge in [0.2, 0.25) is 5.78 Å². The zero-order valence-corrected chi connectivity index (χ0v) is 15.1. The minimum Gasteiger partial charge on any atom is -0.507 e. The third-order valence-electron chi connectivity index (χ3n) is 4.91. The van der Waals surface area contributed by atoms with Gasteiger partial charge >= 0.3 is 0 Å². The van der Waals surface area contributed by atoms with Gasteiger partial charge in [0.05, 0.1) is 11.1 Å². The van der Waals surface area contributed by atoms with Gasteiger partial charge in [0.1, 0.15) is 11.5 Å². The van der Waals surface area contributed by atoms with Crippen LogP contribution < -0.4 is 4.74 Å². The highest BCUT2D eigenvalue weighted by molar-refractivity contribution is 6.30. The Labute approximate surface area is 157 Å². The first-order chi connectivity index (χ1) is 12.6. The highest BCUT2D eigenvalue weighted by Crippen LogP contribution is 2.40. The number of Topliss-reactive ketones (excluding diaryl/α,β-unsaturated/α-hetero) is 1. The molecular formula is C21H20ClNO3. The number of nitrogens with zero attached hydrogens (tertiary/aromatic N) is 1. The first-order valence-corrected chi connectivity index (χ1v) is 9.26. The third kappa shape index (κ3) is 3.35. The van der Waals surface area contributed by atoms with Crippen molar-refractivity contribution in [2.75, 3.05) is 13.1 Å². The van der Waals surface area contributed by atoms with E-state index in [1.807, 2.05) is 12.1 Å². The summed E-state index contributed by atoms with van der Waals surface area (Å²) in [6, 6.07) is 10.4. The average Bonchev–Trinajstić information content (AvgIpc) is 2.96. The van der Waals surface area contributed by atoms with Crippen LogP contribution in [0.15, 0.2) is 42.2 Å². The molecule has 0 spiro atoms. The number of ketones is 1. The number of hydrogen-bond donors (Lipinski definition) is 1. The second-order valence-corrected chi connectivity index (χ2v) is 7.20. The molecule has 0 bridgehead atoms. The van der Waals surface area contributed by atoms with E-state index < -0.39 is 0 Å². The summed E-state index contributed by atoms with van der Waals surface area (Å²) in [6.45, 7) is 2.60. The minimum absolute atomic E-state index is 0.158. The molecule has 0 atom stereocenters. The Bertz CT molecular complexity index is 868. The molecule has 2 heterocycles. The Morgan fingerprint density at radius 2 is 1.81 bits per heavy atom. The Balaban J connectivity index is 1.64. The second-order valence-electron chi connectivity index (χ2n) is 6.77. The van der Waals surface area contributed by atoms with Gasteiger partial charge in [-0.2, -0.15) is 0 Å². The first kappa shape index (κ1) is 17.1. The molecule has 5 heteroatoms. The van der Waals surface area contributed by atoms with Crippen molar-refractivity contribution in [3.8, 4) is 11.5 Å². The Kier molecular flexibility index (Phi) is 4.70. The van der Waals surface area contributed by atoms with E-state index >= 15 is 0 Å². The van der Waals surface area contributed by atoms with Crippen molar-refractivity contribution in [1.29, 1.82) is 0 Å². The first-order valence-electron chi connectivity index (χ1n) is 8.89. The molecule has 1 fully saturated rings. The van der Waals surface area contributed by atoms with Crippen molar-refractivity contribution in [3.05, 3.63) is 63.9 Å². The quantitative estimate of drug-likeness (QED) is 0.800. The predicted molar refractivity (Wildman–Crippen MR) is 102 cm³/mol. The fourth-order valence-electron chi connectivity index (χ4n) is 3.50. The molecule has 26 heavy (non-hydrogen) atoms. The van der Waals surface area contributed by atoms with Crippen molar-refractivity contribution in [2.45, 2.75) is 25.8 Å². The van der Waals surface area contributed by atoms with E-state index in [-0.39, 0.29) is 17.3 Å². The van der Waals surface area contributed by atoms with Crippen LogP contribution in [0.3, 0.4) is 0 Å². The molecule has 2 aliphatic rings. The molecular weight excluding hydrogens is 350 g/mol. The summed E-state index contributed by atoms with van der Waals surface area (Å²) in [7, 11) is 0. The molecule has 134 valence electrons. The molecule has 1 saturated heterocycles. The number of halogens is 1. The number of fused-ring (bicyclic) bond motifs is 1. The highest BCUT2D eigenvalue weighted by Gasteiger charge is 2.31. The monoisotopic (exact) mass is 369 g/mol. The summed E-state index contributed by atoms with van der Waals surface area (Å²) in [5, 5.41) is 11.0. The Morgan fingerprint density at radius 1 is 1.08 bits per heavy atom. The summed E-state index contributed by atoms with van der Waals surface area (Å²) in [6.07, 6.45) is 5.29. The number of aromatic hydroxyl groups is 1. The maximum Gasteiger partial charge on any atom is 0.231 e. The molecule has 4 rings (SSSR count). The number of carbonyl (C=O) groups is 1. The van der Waals surface area contributed by atoms with Crippen molar-refractivity contribution >= 4 is 23.5 Å². The largest absolute Gasteiger partial charge is 0.507 e. The number of hydrogen-bond acceptors (Lipinski definition) is 4. The Hall–Kier alpha value is -2.30. The number of rotatable bonds is 3. The molecule has 0 aromatic heterocycles. The lowest BCUT2D eigenvalue weighted by Gasteiger charge is -2.27. The van der Waals surface area contributed by atoms with Crippen LogP contribution in [-0.2, 0) is 6.54 Å². The maximum atomic E-state index is 12.7. The van der Waals surface area contributed by atoms with Gasteiger partial charge in [0.15, 0.2) is 5.76 Å². The number of benzene rings is 2. The van der Waals surface area contributed by atoms with Gasteiger partial charge in [-0.1, -0.05) is 30.2 Å². The maximum absolute atomic E-state index is 12.7. The van der Waals surface area contributed by atoms with Gasteiger partial charge in [-0.3, -0.25) is 9.69 Å². The summed E-state index contributed by atoms with van der Waals surface area (Å²) < 4.78 is 5.90. The van der Waals surface area contributed by atoms with E-state index in [0.29, 0.717) is 28.4 Å². The van der Waals surface area contributed by atoms with E-state index in [0.717, 1.165) is 31.5 Å². The van der Waals surface area contributed by atoms with Crippen molar-refractivity contribution in [2.24, 2.45) is 0 Å². The summed E-state index contributed by atoms with van der Waals surface area (Å²) in [4.78, 5) is 15.0. The van der Waals surface area contributed by atoms with E-state index in [4.69, 9.17) is 16.3 Å². The molecule has 4 nitrogen and oxygen atoms in total. The normalized spacial score (nSPS) is 18.8. The van der Waals surface area contributed by atoms with E-state index in [1.165, 1.54) is 6.42 Å². The molecule has 2 aromatic rings. The van der Waals surface area contributed by atoms with Crippen LogP contribution in [0.5, 0.6) is 11.5 Å². The van der Waals surface area contributed by atoms with E-state index in [9.17, 15) is 9.90 Å². The van der Waals surface area contributed by atoms with Crippen LogP contribution in [0.25, 0.3) is 6.08 Å². The van der Waals surface area contributed by atoms with Gasteiger partial charge < -0.3 is 9.84 Å². The Morgan fingerprint density at radius 3 is 2.54 bits per heavy atom. The molecule has 2 aliphatic heterocycles. The predicted octanol–water partition coefficient (Wildman–Crippen LogP) is 4.65. The lowest BCUT2D eigenvalue weighted by Crippen LogP contribution is -2.29. The number of phenols is 1. The van der Waals surface area contributed by atoms with Crippen LogP contribution in [0.4, 0.5) is 0 Å². The van der Waals surface area contributed by atoms with Crippen LogP contribution in [0, 0.1) is 0 Å². The fourth-order valence-corrected chi connectivity index (χ4v) is 3.63. The molecule has 1 N–H and O–H groups in total. The lowest BCUT2D eigenvalue weighted by molar-refractivity contribution is 0.101. The van der Waals surface area contributed by atoms with Gasteiger partial charge in [-0.15, -0.1) is 0 Å². The molecule has 0 radical (unpaired) electrons. The smallest absolute Gasteiger partial charge is 0.231 e. The van der Waals surface area contributed by atoms with Gasteiger partial charge in [0, 0.05) is 11.6 Å². The lowest BCUT2D eigenvalue weighted by atomic mass is 10.0. The highest BCUT2D eigenvalue weighted by atomic mass is 35.5. The SMILES string of the molecule is O=C1/C(=C/c2ccc(Cl)cc2)Oc2c1ccc(O)c2CN1CCCCC1. The third-order valence-corrected chi connectivity index (χ3v) is 5.17. The van der Waals surface area contributed by atoms with Crippen LogP contribution in [0.2, 0.25) is 5.02 Å². The van der Waals surface area contributed by atoms with Crippen LogP contribution in [-0.4, -0.2) is 28.9 Å². The molecule has 2 aromatic carbocycles. The molecule has 0 aliphatic carbocycles. The van der Waals surface area contributed by atoms with Gasteiger partial charge in [-0.05, 0) is 61.8 Å². The zero-order valence-electron chi connectivity index (χ0n) is 14.4. The van der Waals surface area contributed by atoms with Gasteiger partial charge in [0.25, 0.3) is 0 Å². The summed E-state index contributed by atoms with van der Waals surface area (Å²) in [5.41, 5.74) is 2.04. The fraction of sp³-hybridized carbons (Fsp3) is 0.286. The topological polar surface area (TPSA) is 49.8 Å². The standard InChI is InChI=1S/C21H20ClNO3/c22-15-6-4-14(5-7-15)12-19-20(25)16-8-9-18(24)17(21(16)26-19)13-23-10-2-1-3-11-23/h4-9,12,24H,1-3,10-11,13H2/b19-12-. The number of piperidine rings is 1. The number of likely N-dealkylation sites (tertiary alicyclic amines) is 1. The number of ether oxygens (including phenoxy) is 1. The van der Waals surface area contributed by atoms with Crippen LogP contribution >= 0.6 is 11.6 Å². The number of carbonyl (C=O) groups excluding carboxylic acids is 1. The van der Waals surface area contributed by atoms with Crippen molar-refractivity contribution < 1.29 is 14.6 Å². The van der Waals surface area contributed by atoms with E-state index in [1.54, 1.807) is 30.3 Å². The van der Waals surface area contributed by atoms with Crippen molar-refractivity contribution in [1.82, 2.24) is 4.90 Å². The van der Waals surface area contributed by atoms with Crippen molar-refractivity contribution in [3.63, 3.8) is 0 Å². The minimum atomic E-state index is -0.158. The van der Waals surface area contributed by atoms with E-state index in [2.05, 4.69) is 4.90 Å². The summed E-state index contributed by atoms with van der Waals surface area (Å²) in [5.74, 6) is 0.776. The number of phenolic OH excluding ortho intramolecular Hbond substituents is 1. The average molecular weight is 370 g/mol. The molecule has 0 saturated carbocycles. The van der Waals surface area contributed by atoms with Gasteiger partial charge in [-0.25, -0.2) is 0 Å².